The Morgan fingerprint density at radius 3 is 2.75 bits per heavy atom. The van der Waals surface area contributed by atoms with Gasteiger partial charge in [-0.1, -0.05) is 6.07 Å². The summed E-state index contributed by atoms with van der Waals surface area (Å²) in [5, 5.41) is 0. The van der Waals surface area contributed by atoms with Crippen LogP contribution in [-0.4, -0.2) is 50.1 Å². The van der Waals surface area contributed by atoms with E-state index in [4.69, 9.17) is 4.74 Å². The van der Waals surface area contributed by atoms with E-state index in [0.717, 1.165) is 5.69 Å². The van der Waals surface area contributed by atoms with Gasteiger partial charge in [0, 0.05) is 37.8 Å². The lowest BCUT2D eigenvalue weighted by Gasteiger charge is -2.32. The molecular weight excluding hydrogens is 311 g/mol. The van der Waals surface area contributed by atoms with Gasteiger partial charge in [0.2, 0.25) is 11.8 Å². The quantitative estimate of drug-likeness (QED) is 0.849. The fourth-order valence-corrected chi connectivity index (χ4v) is 3.47. The summed E-state index contributed by atoms with van der Waals surface area (Å²) in [4.78, 5) is 28.4. The predicted molar refractivity (Wildman–Crippen MR) is 88.7 cm³/mol. The van der Waals surface area contributed by atoms with Crippen LogP contribution in [0.5, 0.6) is 5.75 Å². The standard InChI is InChI=1S/C18H23FN2O3/c1-24-16-4-2-3-15(10-16)21-12-14(9-17(21)22)18(23)20-7-5-13(11-19)6-8-20/h2-4,10,13-14H,5-9,11-12H2,1H3. The molecule has 5 nitrogen and oxygen atoms in total. The Hall–Kier alpha value is -2.11. The van der Waals surface area contributed by atoms with Gasteiger partial charge < -0.3 is 14.5 Å². The summed E-state index contributed by atoms with van der Waals surface area (Å²) in [5.74, 6) is 0.424. The van der Waals surface area contributed by atoms with Gasteiger partial charge in [-0.15, -0.1) is 0 Å². The van der Waals surface area contributed by atoms with E-state index in [1.807, 2.05) is 18.2 Å². The van der Waals surface area contributed by atoms with E-state index in [9.17, 15) is 14.0 Å². The molecule has 2 aliphatic heterocycles. The van der Waals surface area contributed by atoms with Gasteiger partial charge in [0.15, 0.2) is 0 Å². The first-order valence-corrected chi connectivity index (χ1v) is 8.41. The largest absolute Gasteiger partial charge is 0.497 e. The highest BCUT2D eigenvalue weighted by Crippen LogP contribution is 2.29. The van der Waals surface area contributed by atoms with E-state index in [1.165, 1.54) is 0 Å². The third-order valence-corrected chi connectivity index (χ3v) is 4.98. The maximum absolute atomic E-state index is 12.7. The maximum Gasteiger partial charge on any atom is 0.228 e. The van der Waals surface area contributed by atoms with Gasteiger partial charge in [0.05, 0.1) is 19.7 Å². The van der Waals surface area contributed by atoms with Crippen molar-refractivity contribution >= 4 is 17.5 Å². The highest BCUT2D eigenvalue weighted by molar-refractivity contribution is 6.00. The molecule has 1 aromatic rings. The van der Waals surface area contributed by atoms with Crippen molar-refractivity contribution in [2.75, 3.05) is 38.3 Å². The number of methoxy groups -OCH3 is 1. The topological polar surface area (TPSA) is 49.9 Å². The van der Waals surface area contributed by atoms with Gasteiger partial charge in [-0.05, 0) is 30.9 Å². The highest BCUT2D eigenvalue weighted by Gasteiger charge is 2.38. The van der Waals surface area contributed by atoms with E-state index in [1.54, 1.807) is 23.0 Å². The van der Waals surface area contributed by atoms with Crippen LogP contribution in [0.15, 0.2) is 24.3 Å². The van der Waals surface area contributed by atoms with Crippen LogP contribution in [0.2, 0.25) is 0 Å². The number of ether oxygens (including phenoxy) is 1. The van der Waals surface area contributed by atoms with Crippen molar-refractivity contribution in [3.05, 3.63) is 24.3 Å². The summed E-state index contributed by atoms with van der Waals surface area (Å²) in [6, 6.07) is 7.30. The lowest BCUT2D eigenvalue weighted by Crippen LogP contribution is -2.42. The molecule has 0 aliphatic carbocycles. The molecule has 2 amide bonds. The third kappa shape index (κ3) is 3.37. The van der Waals surface area contributed by atoms with E-state index >= 15 is 0 Å². The third-order valence-electron chi connectivity index (χ3n) is 4.98. The van der Waals surface area contributed by atoms with Crippen LogP contribution >= 0.6 is 0 Å². The van der Waals surface area contributed by atoms with Crippen molar-refractivity contribution in [3.63, 3.8) is 0 Å². The molecule has 0 saturated carbocycles. The molecule has 2 saturated heterocycles. The lowest BCUT2D eigenvalue weighted by molar-refractivity contribution is -0.137. The minimum absolute atomic E-state index is 0.0195. The van der Waals surface area contributed by atoms with Crippen molar-refractivity contribution in [2.45, 2.75) is 19.3 Å². The molecule has 0 N–H and O–H groups in total. The number of hydrogen-bond donors (Lipinski definition) is 0. The lowest BCUT2D eigenvalue weighted by atomic mass is 9.96. The molecule has 2 aliphatic rings. The van der Waals surface area contributed by atoms with Gasteiger partial charge in [0.25, 0.3) is 0 Å². The van der Waals surface area contributed by atoms with Gasteiger partial charge in [-0.25, -0.2) is 0 Å². The van der Waals surface area contributed by atoms with Crippen LogP contribution < -0.4 is 9.64 Å². The number of anilines is 1. The molecule has 2 heterocycles. The SMILES string of the molecule is COc1cccc(N2CC(C(=O)N3CCC(CF)CC3)CC2=O)c1. The number of piperidine rings is 1. The molecule has 2 fully saturated rings. The number of benzene rings is 1. The van der Waals surface area contributed by atoms with E-state index in [2.05, 4.69) is 0 Å². The first kappa shape index (κ1) is 16.7. The van der Waals surface area contributed by atoms with Gasteiger partial charge in [0.1, 0.15) is 5.75 Å². The fourth-order valence-electron chi connectivity index (χ4n) is 3.47. The van der Waals surface area contributed by atoms with E-state index in [0.29, 0.717) is 38.2 Å². The van der Waals surface area contributed by atoms with Crippen molar-refractivity contribution in [3.8, 4) is 5.75 Å². The number of rotatable bonds is 4. The summed E-state index contributed by atoms with van der Waals surface area (Å²) in [7, 11) is 1.58. The van der Waals surface area contributed by atoms with Crippen molar-refractivity contribution in [1.82, 2.24) is 4.90 Å². The second-order valence-corrected chi connectivity index (χ2v) is 6.53. The van der Waals surface area contributed by atoms with E-state index in [-0.39, 0.29) is 36.7 Å². The number of carbonyl (C=O) groups is 2. The van der Waals surface area contributed by atoms with Gasteiger partial charge in [-0.2, -0.15) is 0 Å². The summed E-state index contributed by atoms with van der Waals surface area (Å²) < 4.78 is 17.9. The molecule has 0 radical (unpaired) electrons. The van der Waals surface area contributed by atoms with E-state index < -0.39 is 0 Å². The monoisotopic (exact) mass is 334 g/mol. The Bertz CT molecular complexity index is 614. The van der Waals surface area contributed by atoms with Crippen LogP contribution in [0.4, 0.5) is 10.1 Å². The minimum Gasteiger partial charge on any atom is -0.497 e. The zero-order valence-electron chi connectivity index (χ0n) is 13.9. The van der Waals surface area contributed by atoms with Crippen LogP contribution in [0.3, 0.4) is 0 Å². The number of carbonyl (C=O) groups excluding carboxylic acids is 2. The molecular formula is C18H23FN2O3. The Morgan fingerprint density at radius 2 is 2.08 bits per heavy atom. The molecule has 130 valence electrons. The number of alkyl halides is 1. The molecule has 1 atom stereocenters. The molecule has 0 aromatic heterocycles. The Morgan fingerprint density at radius 1 is 1.33 bits per heavy atom. The minimum atomic E-state index is -0.314. The number of halogens is 1. The second kappa shape index (κ2) is 7.20. The Labute approximate surface area is 141 Å². The normalized spacial score (nSPS) is 22.1. The number of amides is 2. The Kier molecular flexibility index (Phi) is 5.02. The summed E-state index contributed by atoms with van der Waals surface area (Å²) in [5.41, 5.74) is 0.755. The zero-order chi connectivity index (χ0) is 17.1. The molecule has 24 heavy (non-hydrogen) atoms. The summed E-state index contributed by atoms with van der Waals surface area (Å²) in [6.45, 7) is 1.27. The van der Waals surface area contributed by atoms with Crippen molar-refractivity contribution in [2.24, 2.45) is 11.8 Å². The van der Waals surface area contributed by atoms with Crippen molar-refractivity contribution in [1.29, 1.82) is 0 Å². The first-order chi connectivity index (χ1) is 11.6. The zero-order valence-corrected chi connectivity index (χ0v) is 13.9. The molecule has 1 aromatic carbocycles. The van der Waals surface area contributed by atoms with Crippen molar-refractivity contribution < 1.29 is 18.7 Å². The number of hydrogen-bond acceptors (Lipinski definition) is 3. The average Bonchev–Trinajstić information content (AvgIpc) is 3.03. The predicted octanol–water partition coefficient (Wildman–Crippen LogP) is 2.26. The van der Waals surface area contributed by atoms with Crippen LogP contribution in [0.1, 0.15) is 19.3 Å². The van der Waals surface area contributed by atoms with Crippen LogP contribution in [0, 0.1) is 11.8 Å². The second-order valence-electron chi connectivity index (χ2n) is 6.53. The molecule has 3 rings (SSSR count). The fraction of sp³-hybridized carbons (Fsp3) is 0.556. The first-order valence-electron chi connectivity index (χ1n) is 8.41. The maximum atomic E-state index is 12.7. The molecule has 1 unspecified atom stereocenters. The number of likely N-dealkylation sites (tertiary alicyclic amines) is 1. The molecule has 0 spiro atoms. The van der Waals surface area contributed by atoms with Crippen LogP contribution in [-0.2, 0) is 9.59 Å². The average molecular weight is 334 g/mol. The van der Waals surface area contributed by atoms with Crippen LogP contribution in [0.25, 0.3) is 0 Å². The highest BCUT2D eigenvalue weighted by atomic mass is 19.1. The van der Waals surface area contributed by atoms with Gasteiger partial charge in [-0.3, -0.25) is 14.0 Å². The molecule has 0 bridgehead atoms. The Balaban J connectivity index is 1.65. The smallest absolute Gasteiger partial charge is 0.228 e. The number of nitrogens with zero attached hydrogens (tertiary/aromatic N) is 2. The summed E-state index contributed by atoms with van der Waals surface area (Å²) >= 11 is 0. The molecule has 6 heteroatoms. The summed E-state index contributed by atoms with van der Waals surface area (Å²) in [6.07, 6.45) is 1.66. The van der Waals surface area contributed by atoms with Gasteiger partial charge >= 0.3 is 0 Å².